The van der Waals surface area contributed by atoms with Crippen molar-refractivity contribution in [1.29, 1.82) is 0 Å². The van der Waals surface area contributed by atoms with Crippen LogP contribution in [0.2, 0.25) is 0 Å². The van der Waals surface area contributed by atoms with Crippen LogP contribution in [0.4, 0.5) is 0 Å². The van der Waals surface area contributed by atoms with Crippen molar-refractivity contribution in [2.45, 2.75) is 53.1 Å². The fourth-order valence-electron chi connectivity index (χ4n) is 1.97. The van der Waals surface area contributed by atoms with Crippen molar-refractivity contribution in [2.75, 3.05) is 0 Å². The molecule has 0 aliphatic carbocycles. The Balaban J connectivity index is 2.35. The summed E-state index contributed by atoms with van der Waals surface area (Å²) in [6.07, 6.45) is 1.96. The lowest BCUT2D eigenvalue weighted by atomic mass is 10.1. The first kappa shape index (κ1) is 14.7. The summed E-state index contributed by atoms with van der Waals surface area (Å²) in [6, 6.07) is 6.75. The molecule has 0 amide bonds. The molecule has 4 nitrogen and oxygen atoms in total. The molecule has 2 rings (SSSR count). The van der Waals surface area contributed by atoms with E-state index in [0.29, 0.717) is 12.0 Å². The Labute approximate surface area is 121 Å². The molecule has 108 valence electrons. The normalized spacial score (nSPS) is 11.6. The molecule has 2 aromatic heterocycles. The average Bonchev–Trinajstić information content (AvgIpc) is 2.82. The van der Waals surface area contributed by atoms with Gasteiger partial charge in [-0.2, -0.15) is 5.10 Å². The highest BCUT2D eigenvalue weighted by molar-refractivity contribution is 5.32. The fourth-order valence-corrected chi connectivity index (χ4v) is 1.97. The fraction of sp³-hybridized carbons (Fsp3) is 0.500. The first-order chi connectivity index (χ1) is 9.45. The van der Waals surface area contributed by atoms with Gasteiger partial charge in [0.05, 0.1) is 5.69 Å². The smallest absolute Gasteiger partial charge is 0.153 e. The molecule has 0 aliphatic rings. The Bertz CT molecular complexity index is 570. The van der Waals surface area contributed by atoms with Gasteiger partial charge < -0.3 is 5.32 Å². The van der Waals surface area contributed by atoms with E-state index >= 15 is 0 Å². The summed E-state index contributed by atoms with van der Waals surface area (Å²) in [6.45, 7) is 11.5. The predicted octanol–water partition coefficient (Wildman–Crippen LogP) is 3.20. The second kappa shape index (κ2) is 6.18. The molecule has 0 bridgehead atoms. The first-order valence-electron chi connectivity index (χ1n) is 7.22. The lowest BCUT2D eigenvalue weighted by Crippen LogP contribution is -2.22. The molecule has 2 heterocycles. The van der Waals surface area contributed by atoms with E-state index in [1.807, 2.05) is 23.9 Å². The van der Waals surface area contributed by atoms with Gasteiger partial charge in [-0.15, -0.1) is 0 Å². The quantitative estimate of drug-likeness (QED) is 0.909. The van der Waals surface area contributed by atoms with Crippen LogP contribution in [-0.4, -0.2) is 20.8 Å². The summed E-state index contributed by atoms with van der Waals surface area (Å²) in [5.74, 6) is 1.30. The van der Waals surface area contributed by atoms with Gasteiger partial charge in [0.1, 0.15) is 0 Å². The molecule has 0 spiro atoms. The van der Waals surface area contributed by atoms with E-state index in [2.05, 4.69) is 50.2 Å². The monoisotopic (exact) mass is 272 g/mol. The highest BCUT2D eigenvalue weighted by Crippen LogP contribution is 2.17. The maximum absolute atomic E-state index is 4.72. The van der Waals surface area contributed by atoms with Crippen LogP contribution in [-0.2, 0) is 6.54 Å². The van der Waals surface area contributed by atoms with Gasteiger partial charge in [0.15, 0.2) is 5.82 Å². The molecule has 0 unspecified atom stereocenters. The van der Waals surface area contributed by atoms with Crippen molar-refractivity contribution in [2.24, 2.45) is 0 Å². The van der Waals surface area contributed by atoms with Gasteiger partial charge >= 0.3 is 0 Å². The van der Waals surface area contributed by atoms with Crippen LogP contribution >= 0.6 is 0 Å². The largest absolute Gasteiger partial charge is 0.310 e. The zero-order valence-electron chi connectivity index (χ0n) is 13.0. The summed E-state index contributed by atoms with van der Waals surface area (Å²) >= 11 is 0. The Morgan fingerprint density at radius 2 is 1.95 bits per heavy atom. The molecule has 0 fully saturated rings. The lowest BCUT2D eigenvalue weighted by molar-refractivity contribution is 0.587. The lowest BCUT2D eigenvalue weighted by Gasteiger charge is -2.13. The maximum atomic E-state index is 4.72. The van der Waals surface area contributed by atoms with Crippen LogP contribution in [0.3, 0.4) is 0 Å². The highest BCUT2D eigenvalue weighted by atomic mass is 15.3. The number of hydrogen-bond donors (Lipinski definition) is 1. The number of aromatic nitrogens is 3. The SMILES string of the molecule is Cc1ccn(-c2cc(CNC(C)C)cc(C(C)C)n2)n1. The van der Waals surface area contributed by atoms with Crippen molar-refractivity contribution in [3.8, 4) is 5.82 Å². The molecule has 0 saturated heterocycles. The third-order valence-corrected chi connectivity index (χ3v) is 3.15. The molecular formula is C16H24N4. The van der Waals surface area contributed by atoms with E-state index in [1.54, 1.807) is 0 Å². The van der Waals surface area contributed by atoms with E-state index < -0.39 is 0 Å². The maximum Gasteiger partial charge on any atom is 0.153 e. The second-order valence-corrected chi connectivity index (χ2v) is 5.85. The van der Waals surface area contributed by atoms with Gasteiger partial charge in [0.2, 0.25) is 0 Å². The third kappa shape index (κ3) is 3.67. The minimum atomic E-state index is 0.407. The zero-order chi connectivity index (χ0) is 14.7. The van der Waals surface area contributed by atoms with Gasteiger partial charge in [-0.3, -0.25) is 0 Å². The molecule has 0 radical (unpaired) electrons. The van der Waals surface area contributed by atoms with Crippen molar-refractivity contribution >= 4 is 0 Å². The number of aryl methyl sites for hydroxylation is 1. The van der Waals surface area contributed by atoms with Crippen LogP contribution in [0.1, 0.15) is 50.6 Å². The Kier molecular flexibility index (Phi) is 4.55. The van der Waals surface area contributed by atoms with Gasteiger partial charge in [-0.1, -0.05) is 27.7 Å². The van der Waals surface area contributed by atoms with E-state index in [1.165, 1.54) is 5.56 Å². The molecule has 0 aromatic carbocycles. The van der Waals surface area contributed by atoms with Gasteiger partial charge in [0, 0.05) is 24.5 Å². The summed E-state index contributed by atoms with van der Waals surface area (Å²) in [7, 11) is 0. The number of rotatable bonds is 5. The molecule has 0 atom stereocenters. The van der Waals surface area contributed by atoms with Crippen molar-refractivity contribution in [3.63, 3.8) is 0 Å². The molecular weight excluding hydrogens is 248 g/mol. The molecule has 0 aliphatic heterocycles. The number of nitrogens with one attached hydrogen (secondary N) is 1. The van der Waals surface area contributed by atoms with Crippen LogP contribution < -0.4 is 5.32 Å². The minimum Gasteiger partial charge on any atom is -0.310 e. The molecule has 20 heavy (non-hydrogen) atoms. The van der Waals surface area contributed by atoms with E-state index in [-0.39, 0.29) is 0 Å². The van der Waals surface area contributed by atoms with E-state index in [9.17, 15) is 0 Å². The van der Waals surface area contributed by atoms with Crippen LogP contribution in [0.25, 0.3) is 5.82 Å². The number of nitrogens with zero attached hydrogens (tertiary/aromatic N) is 3. The van der Waals surface area contributed by atoms with Crippen LogP contribution in [0, 0.1) is 6.92 Å². The van der Waals surface area contributed by atoms with E-state index in [4.69, 9.17) is 4.98 Å². The third-order valence-electron chi connectivity index (χ3n) is 3.15. The highest BCUT2D eigenvalue weighted by Gasteiger charge is 2.09. The van der Waals surface area contributed by atoms with Crippen LogP contribution in [0.5, 0.6) is 0 Å². The molecule has 4 heteroatoms. The minimum absolute atomic E-state index is 0.407. The van der Waals surface area contributed by atoms with Gasteiger partial charge in [0.25, 0.3) is 0 Å². The number of hydrogen-bond acceptors (Lipinski definition) is 3. The standard InChI is InChI=1S/C16H24N4/c1-11(2)15-8-14(10-17-12(3)4)9-16(18-15)20-7-6-13(5)19-20/h6-9,11-12,17H,10H2,1-5H3. The molecule has 1 N–H and O–H groups in total. The molecule has 0 saturated carbocycles. The topological polar surface area (TPSA) is 42.7 Å². The summed E-state index contributed by atoms with van der Waals surface area (Å²) in [5, 5.41) is 7.91. The van der Waals surface area contributed by atoms with Crippen LogP contribution in [0.15, 0.2) is 24.4 Å². The summed E-state index contributed by atoms with van der Waals surface area (Å²) in [4.78, 5) is 4.72. The van der Waals surface area contributed by atoms with E-state index in [0.717, 1.165) is 23.8 Å². The first-order valence-corrected chi connectivity index (χ1v) is 7.22. The van der Waals surface area contributed by atoms with Crippen molar-refractivity contribution < 1.29 is 0 Å². The van der Waals surface area contributed by atoms with Crippen molar-refractivity contribution in [1.82, 2.24) is 20.1 Å². The Hall–Kier alpha value is -1.68. The summed E-state index contributed by atoms with van der Waals surface area (Å²) < 4.78 is 1.85. The van der Waals surface area contributed by atoms with Gasteiger partial charge in [-0.25, -0.2) is 9.67 Å². The zero-order valence-corrected chi connectivity index (χ0v) is 13.0. The average molecular weight is 272 g/mol. The number of pyridine rings is 1. The van der Waals surface area contributed by atoms with Crippen molar-refractivity contribution in [3.05, 3.63) is 41.3 Å². The predicted molar refractivity (Wildman–Crippen MR) is 82.2 cm³/mol. The second-order valence-electron chi connectivity index (χ2n) is 5.85. The van der Waals surface area contributed by atoms with Gasteiger partial charge in [-0.05, 0) is 36.6 Å². The molecule has 2 aromatic rings. The Morgan fingerprint density at radius 1 is 1.20 bits per heavy atom. The summed E-state index contributed by atoms with van der Waals surface area (Å²) in [5.41, 5.74) is 3.36. The Morgan fingerprint density at radius 3 is 2.50 bits per heavy atom.